The lowest BCUT2D eigenvalue weighted by Gasteiger charge is -2.33. The topological polar surface area (TPSA) is 102 Å². The van der Waals surface area contributed by atoms with Crippen molar-refractivity contribution in [3.05, 3.63) is 58.8 Å². The van der Waals surface area contributed by atoms with E-state index in [4.69, 9.17) is 9.47 Å². The Bertz CT molecular complexity index is 1100. The molecule has 2 aliphatic rings. The van der Waals surface area contributed by atoms with E-state index in [0.717, 1.165) is 32.1 Å². The number of amides is 2. The zero-order valence-electron chi connectivity index (χ0n) is 21.3. The summed E-state index contributed by atoms with van der Waals surface area (Å²) in [5.41, 5.74) is 0.208. The van der Waals surface area contributed by atoms with Gasteiger partial charge in [0.2, 0.25) is 17.7 Å². The molecule has 4 rings (SSSR count). The summed E-state index contributed by atoms with van der Waals surface area (Å²) >= 11 is 0. The Morgan fingerprint density at radius 1 is 1.21 bits per heavy atom. The summed E-state index contributed by atoms with van der Waals surface area (Å²) in [6, 6.07) is 6.63. The van der Waals surface area contributed by atoms with E-state index in [1.165, 1.54) is 12.1 Å². The van der Waals surface area contributed by atoms with Crippen LogP contribution in [0.3, 0.4) is 0 Å². The fraction of sp³-hybridized carbons (Fsp3) is 0.519. The molecule has 0 radical (unpaired) electrons. The third-order valence-corrected chi connectivity index (χ3v) is 6.73. The van der Waals surface area contributed by atoms with Gasteiger partial charge in [-0.15, -0.1) is 0 Å². The molecule has 2 atom stereocenters. The van der Waals surface area contributed by atoms with Crippen LogP contribution in [-0.2, 0) is 27.0 Å². The van der Waals surface area contributed by atoms with Gasteiger partial charge in [-0.3, -0.25) is 14.9 Å². The number of aromatic nitrogens is 1. The van der Waals surface area contributed by atoms with Crippen LogP contribution >= 0.6 is 0 Å². The van der Waals surface area contributed by atoms with Crippen LogP contribution in [0.25, 0.3) is 0 Å². The number of carbonyl (C=O) groups excluding carboxylic acids is 2. The average molecular weight is 535 g/mol. The maximum absolute atomic E-state index is 13.9. The van der Waals surface area contributed by atoms with Gasteiger partial charge >= 0.3 is 6.18 Å². The molecular formula is C27H33F3N4O4. The molecule has 8 nitrogen and oxygen atoms in total. The van der Waals surface area contributed by atoms with Gasteiger partial charge in [-0.05, 0) is 48.4 Å². The van der Waals surface area contributed by atoms with Crippen molar-refractivity contribution in [2.75, 3.05) is 19.8 Å². The second-order valence-electron chi connectivity index (χ2n) is 9.67. The molecule has 2 fully saturated rings. The van der Waals surface area contributed by atoms with E-state index >= 15 is 0 Å². The highest BCUT2D eigenvalue weighted by molar-refractivity contribution is 5.78. The number of benzene rings is 1. The van der Waals surface area contributed by atoms with Crippen molar-refractivity contribution in [1.82, 2.24) is 20.9 Å². The number of nitrogens with one attached hydrogen (secondary N) is 3. The van der Waals surface area contributed by atoms with E-state index in [1.807, 2.05) is 6.92 Å². The molecule has 2 amide bonds. The van der Waals surface area contributed by atoms with Crippen molar-refractivity contribution in [1.29, 1.82) is 0 Å². The smallest absolute Gasteiger partial charge is 0.416 e. The lowest BCUT2D eigenvalue weighted by Crippen LogP contribution is -2.47. The Morgan fingerprint density at radius 2 is 2.00 bits per heavy atom. The number of carbonyl (C=O) groups is 2. The third-order valence-electron chi connectivity index (χ3n) is 6.73. The molecule has 0 bridgehead atoms. The maximum Gasteiger partial charge on any atom is 0.416 e. The second kappa shape index (κ2) is 12.6. The number of ether oxygens (including phenoxy) is 2. The number of hydrogen-bond acceptors (Lipinski definition) is 6. The largest absolute Gasteiger partial charge is 0.477 e. The number of rotatable bonds is 9. The van der Waals surface area contributed by atoms with Crippen LogP contribution in [0.5, 0.6) is 5.88 Å². The minimum Gasteiger partial charge on any atom is -0.477 e. The van der Waals surface area contributed by atoms with Gasteiger partial charge in [-0.1, -0.05) is 19.1 Å². The van der Waals surface area contributed by atoms with Crippen LogP contribution in [0.2, 0.25) is 0 Å². The van der Waals surface area contributed by atoms with Gasteiger partial charge in [0.05, 0.1) is 12.2 Å². The molecular weight excluding hydrogens is 501 g/mol. The number of hydrogen-bond donors (Lipinski definition) is 3. The van der Waals surface area contributed by atoms with Gasteiger partial charge < -0.3 is 20.1 Å². The number of nitrogens with zero attached hydrogens (tertiary/aromatic N) is 1. The molecule has 2 saturated heterocycles. The first-order valence-electron chi connectivity index (χ1n) is 12.9. The lowest BCUT2D eigenvalue weighted by atomic mass is 9.96. The van der Waals surface area contributed by atoms with E-state index in [2.05, 4.69) is 20.9 Å². The van der Waals surface area contributed by atoms with Crippen LogP contribution in [0.4, 0.5) is 13.2 Å². The van der Waals surface area contributed by atoms with Crippen LogP contribution in [0.1, 0.15) is 73.5 Å². The van der Waals surface area contributed by atoms with Crippen molar-refractivity contribution >= 4 is 11.8 Å². The molecule has 38 heavy (non-hydrogen) atoms. The lowest BCUT2D eigenvalue weighted by molar-refractivity contribution is -0.139. The van der Waals surface area contributed by atoms with Crippen molar-refractivity contribution < 1.29 is 32.2 Å². The number of alkyl halides is 3. The minimum atomic E-state index is -4.62. The van der Waals surface area contributed by atoms with E-state index in [0.29, 0.717) is 42.4 Å². The zero-order chi connectivity index (χ0) is 27.1. The quantitative estimate of drug-likeness (QED) is 0.447. The molecule has 1 aromatic heterocycles. The van der Waals surface area contributed by atoms with Crippen LogP contribution < -0.4 is 20.7 Å². The fourth-order valence-electron chi connectivity index (χ4n) is 4.62. The summed E-state index contributed by atoms with van der Waals surface area (Å²) in [4.78, 5) is 28.7. The summed E-state index contributed by atoms with van der Waals surface area (Å²) < 4.78 is 52.8. The Kier molecular flexibility index (Phi) is 9.22. The Balaban J connectivity index is 1.48. The Hall–Kier alpha value is -3.18. The van der Waals surface area contributed by atoms with Gasteiger partial charge in [-0.2, -0.15) is 13.2 Å². The van der Waals surface area contributed by atoms with Crippen molar-refractivity contribution in [2.45, 2.75) is 64.0 Å². The van der Waals surface area contributed by atoms with Crippen LogP contribution in [-0.4, -0.2) is 36.6 Å². The Labute approximate surface area is 219 Å². The van der Waals surface area contributed by atoms with Gasteiger partial charge in [0.1, 0.15) is 6.17 Å². The summed E-state index contributed by atoms with van der Waals surface area (Å²) in [5, 5.41) is 8.48. The SMILES string of the molecule is CCCC(=O)NCc1ccc(C(F)(F)F)c(C2NC(=O)CC(c3ccc(OCC4CCOCC4)nc3)N2)c1. The summed E-state index contributed by atoms with van der Waals surface area (Å²) in [6.45, 7) is 3.95. The van der Waals surface area contributed by atoms with Gasteiger partial charge in [0, 0.05) is 56.5 Å². The first kappa shape index (κ1) is 27.8. The normalized spacial score (nSPS) is 20.6. The number of halogens is 3. The van der Waals surface area contributed by atoms with Crippen molar-refractivity contribution in [3.8, 4) is 5.88 Å². The van der Waals surface area contributed by atoms with Crippen molar-refractivity contribution in [3.63, 3.8) is 0 Å². The van der Waals surface area contributed by atoms with Gasteiger partial charge in [0.15, 0.2) is 0 Å². The molecule has 2 unspecified atom stereocenters. The first-order chi connectivity index (χ1) is 18.2. The van der Waals surface area contributed by atoms with Crippen LogP contribution in [0, 0.1) is 5.92 Å². The predicted molar refractivity (Wildman–Crippen MR) is 133 cm³/mol. The predicted octanol–water partition coefficient (Wildman–Crippen LogP) is 4.17. The van der Waals surface area contributed by atoms with E-state index in [-0.39, 0.29) is 30.3 Å². The Morgan fingerprint density at radius 3 is 2.68 bits per heavy atom. The van der Waals surface area contributed by atoms with Crippen molar-refractivity contribution in [2.24, 2.45) is 5.92 Å². The molecule has 1 aromatic carbocycles. The first-order valence-corrected chi connectivity index (χ1v) is 12.9. The second-order valence-corrected chi connectivity index (χ2v) is 9.67. The van der Waals surface area contributed by atoms with E-state index in [1.54, 1.807) is 18.3 Å². The highest BCUT2D eigenvalue weighted by atomic mass is 19.4. The molecule has 3 heterocycles. The molecule has 3 N–H and O–H groups in total. The molecule has 2 aliphatic heterocycles. The zero-order valence-corrected chi connectivity index (χ0v) is 21.3. The highest BCUT2D eigenvalue weighted by Gasteiger charge is 2.38. The molecule has 206 valence electrons. The summed E-state index contributed by atoms with van der Waals surface area (Å²) in [7, 11) is 0. The van der Waals surface area contributed by atoms with Crippen LogP contribution in [0.15, 0.2) is 36.5 Å². The fourth-order valence-corrected chi connectivity index (χ4v) is 4.62. The van der Waals surface area contributed by atoms with E-state index < -0.39 is 23.9 Å². The number of pyridine rings is 1. The van der Waals surface area contributed by atoms with Gasteiger partial charge in [0.25, 0.3) is 0 Å². The summed E-state index contributed by atoms with van der Waals surface area (Å²) in [5.74, 6) is 0.307. The van der Waals surface area contributed by atoms with E-state index in [9.17, 15) is 22.8 Å². The van der Waals surface area contributed by atoms with Gasteiger partial charge in [-0.25, -0.2) is 4.98 Å². The summed E-state index contributed by atoms with van der Waals surface area (Å²) in [6.07, 6.45) is -1.19. The molecule has 0 spiro atoms. The monoisotopic (exact) mass is 534 g/mol. The maximum atomic E-state index is 13.9. The highest BCUT2D eigenvalue weighted by Crippen LogP contribution is 2.36. The molecule has 0 aliphatic carbocycles. The molecule has 11 heteroatoms. The average Bonchev–Trinajstić information content (AvgIpc) is 2.91. The molecule has 2 aromatic rings. The third kappa shape index (κ3) is 7.44. The minimum absolute atomic E-state index is 0.0502. The molecule has 0 saturated carbocycles. The standard InChI is InChI=1S/C27H33F3N4O4/c1-2-3-23(35)31-14-18-4-6-21(27(28,29)30)20(12-18)26-33-22(13-24(36)34-26)19-5-7-25(32-15-19)38-16-17-8-10-37-11-9-17/h4-7,12,15,17,22,26,33H,2-3,8-11,13-14,16H2,1H3,(H,31,35)(H,34,36).